The molecule has 0 heterocycles. The molecular formula is C15H21BrClNO3S. The number of halogens is 2. The molecular weight excluding hydrogens is 390 g/mol. The van der Waals surface area contributed by atoms with E-state index in [-0.39, 0.29) is 12.4 Å². The van der Waals surface area contributed by atoms with Gasteiger partial charge in [-0.15, -0.1) is 0 Å². The van der Waals surface area contributed by atoms with Crippen molar-refractivity contribution >= 4 is 44.5 Å². The van der Waals surface area contributed by atoms with Crippen molar-refractivity contribution in [3.05, 3.63) is 33.3 Å². The summed E-state index contributed by atoms with van der Waals surface area (Å²) in [5.74, 6) is -0.345. The van der Waals surface area contributed by atoms with Gasteiger partial charge in [-0.05, 0) is 51.5 Å². The van der Waals surface area contributed by atoms with E-state index in [1.165, 1.54) is 0 Å². The van der Waals surface area contributed by atoms with Crippen LogP contribution in [0.4, 0.5) is 0 Å². The standard InChI is InChI=1S/C15H21BrClNO3S/c1-5-21-14(19)9-13(18-22(20)15(2,3)4)10-6-11(16)8-12(17)7-10/h6-8,13,18H,5,9H2,1-4H3/t13-,22+/m0/s1. The van der Waals surface area contributed by atoms with Gasteiger partial charge in [0.05, 0.1) is 34.8 Å². The molecule has 0 aliphatic carbocycles. The summed E-state index contributed by atoms with van der Waals surface area (Å²) in [6.45, 7) is 7.67. The van der Waals surface area contributed by atoms with Crippen LogP contribution in [0.1, 0.15) is 45.7 Å². The smallest absolute Gasteiger partial charge is 0.307 e. The van der Waals surface area contributed by atoms with Gasteiger partial charge in [0, 0.05) is 9.50 Å². The molecule has 4 nitrogen and oxygen atoms in total. The molecule has 0 radical (unpaired) electrons. The van der Waals surface area contributed by atoms with Crippen LogP contribution in [0.5, 0.6) is 0 Å². The SMILES string of the molecule is CCOC(=O)C[C@H](N[S@](=O)C(C)(C)C)c1cc(Cl)cc(Br)c1. The summed E-state index contributed by atoms with van der Waals surface area (Å²) in [7, 11) is -1.32. The van der Waals surface area contributed by atoms with Crippen LogP contribution < -0.4 is 4.72 Å². The van der Waals surface area contributed by atoms with Crippen molar-refractivity contribution < 1.29 is 13.7 Å². The predicted molar refractivity (Wildman–Crippen MR) is 94.2 cm³/mol. The first-order valence-electron chi connectivity index (χ1n) is 6.93. The number of nitrogens with one attached hydrogen (secondary N) is 1. The highest BCUT2D eigenvalue weighted by atomic mass is 79.9. The second-order valence-corrected chi connectivity index (χ2v) is 9.11. The first-order chi connectivity index (χ1) is 10.1. The van der Waals surface area contributed by atoms with E-state index in [4.69, 9.17) is 16.3 Å². The van der Waals surface area contributed by atoms with Crippen LogP contribution in [0.15, 0.2) is 22.7 Å². The van der Waals surface area contributed by atoms with Crippen molar-refractivity contribution in [1.29, 1.82) is 0 Å². The average molecular weight is 411 g/mol. The molecule has 0 saturated heterocycles. The van der Waals surface area contributed by atoms with Crippen LogP contribution >= 0.6 is 27.5 Å². The van der Waals surface area contributed by atoms with E-state index in [1.54, 1.807) is 19.1 Å². The van der Waals surface area contributed by atoms with Crippen LogP contribution in [0.2, 0.25) is 5.02 Å². The molecule has 22 heavy (non-hydrogen) atoms. The van der Waals surface area contributed by atoms with Gasteiger partial charge in [0.1, 0.15) is 0 Å². The zero-order valence-electron chi connectivity index (χ0n) is 13.1. The molecule has 0 bridgehead atoms. The lowest BCUT2D eigenvalue weighted by molar-refractivity contribution is -0.143. The number of hydrogen-bond acceptors (Lipinski definition) is 3. The molecule has 0 amide bonds. The van der Waals surface area contributed by atoms with Crippen LogP contribution in [-0.2, 0) is 20.5 Å². The molecule has 1 aromatic carbocycles. The summed E-state index contributed by atoms with van der Waals surface area (Å²) in [6, 6.07) is 4.92. The quantitative estimate of drug-likeness (QED) is 0.717. The summed E-state index contributed by atoms with van der Waals surface area (Å²) in [5, 5.41) is 0.543. The predicted octanol–water partition coefficient (Wildman–Crippen LogP) is 4.15. The number of ether oxygens (including phenoxy) is 1. The zero-order valence-corrected chi connectivity index (χ0v) is 16.3. The van der Waals surface area contributed by atoms with Crippen LogP contribution in [0.25, 0.3) is 0 Å². The molecule has 0 aromatic heterocycles. The lowest BCUT2D eigenvalue weighted by Gasteiger charge is -2.24. The maximum atomic E-state index is 12.4. The first-order valence-corrected chi connectivity index (χ1v) is 9.25. The molecule has 124 valence electrons. The normalized spacial score (nSPS) is 14.5. The Morgan fingerprint density at radius 2 is 2.05 bits per heavy atom. The second kappa shape index (κ2) is 8.43. The highest BCUT2D eigenvalue weighted by Crippen LogP contribution is 2.27. The molecule has 0 saturated carbocycles. The summed E-state index contributed by atoms with van der Waals surface area (Å²) in [4.78, 5) is 11.8. The Kier molecular flexibility index (Phi) is 7.52. The van der Waals surface area contributed by atoms with Gasteiger partial charge >= 0.3 is 5.97 Å². The van der Waals surface area contributed by atoms with Crippen molar-refractivity contribution in [1.82, 2.24) is 4.72 Å². The Balaban J connectivity index is 3.04. The van der Waals surface area contributed by atoms with Gasteiger partial charge in [-0.1, -0.05) is 27.5 Å². The van der Waals surface area contributed by atoms with E-state index in [2.05, 4.69) is 20.7 Å². The van der Waals surface area contributed by atoms with E-state index < -0.39 is 21.8 Å². The molecule has 2 atom stereocenters. The monoisotopic (exact) mass is 409 g/mol. The van der Waals surface area contributed by atoms with E-state index in [9.17, 15) is 9.00 Å². The number of hydrogen-bond donors (Lipinski definition) is 1. The van der Waals surface area contributed by atoms with Gasteiger partial charge in [-0.25, -0.2) is 8.93 Å². The van der Waals surface area contributed by atoms with Crippen molar-refractivity contribution in [3.8, 4) is 0 Å². The van der Waals surface area contributed by atoms with Gasteiger partial charge < -0.3 is 4.74 Å². The van der Waals surface area contributed by atoms with E-state index in [0.717, 1.165) is 10.0 Å². The molecule has 0 spiro atoms. The minimum Gasteiger partial charge on any atom is -0.466 e. The molecule has 0 aliphatic heterocycles. The molecule has 0 aliphatic rings. The Hall–Kier alpha value is -0.430. The number of carbonyl (C=O) groups excluding carboxylic acids is 1. The number of rotatable bonds is 6. The number of esters is 1. The topological polar surface area (TPSA) is 55.4 Å². The number of benzene rings is 1. The Morgan fingerprint density at radius 3 is 2.55 bits per heavy atom. The highest BCUT2D eigenvalue weighted by molar-refractivity contribution is 9.10. The van der Waals surface area contributed by atoms with Gasteiger partial charge in [-0.3, -0.25) is 4.79 Å². The Bertz CT molecular complexity index is 540. The third-order valence-corrected chi connectivity index (χ3v) is 5.06. The molecule has 1 rings (SSSR count). The Morgan fingerprint density at radius 1 is 1.41 bits per heavy atom. The summed E-state index contributed by atoms with van der Waals surface area (Å²) in [5.41, 5.74) is 0.782. The minimum absolute atomic E-state index is 0.0858. The van der Waals surface area contributed by atoms with Gasteiger partial charge in [-0.2, -0.15) is 0 Å². The molecule has 0 fully saturated rings. The van der Waals surface area contributed by atoms with Crippen molar-refractivity contribution in [2.75, 3.05) is 6.61 Å². The largest absolute Gasteiger partial charge is 0.466 e. The van der Waals surface area contributed by atoms with Crippen molar-refractivity contribution in [2.24, 2.45) is 0 Å². The highest BCUT2D eigenvalue weighted by Gasteiger charge is 2.26. The van der Waals surface area contributed by atoms with Crippen molar-refractivity contribution in [3.63, 3.8) is 0 Å². The van der Waals surface area contributed by atoms with E-state index in [0.29, 0.717) is 11.6 Å². The van der Waals surface area contributed by atoms with Crippen LogP contribution in [0.3, 0.4) is 0 Å². The maximum Gasteiger partial charge on any atom is 0.307 e. The third kappa shape index (κ3) is 6.36. The lowest BCUT2D eigenvalue weighted by Crippen LogP contribution is -2.36. The molecule has 1 aromatic rings. The van der Waals surface area contributed by atoms with E-state index >= 15 is 0 Å². The van der Waals surface area contributed by atoms with Gasteiger partial charge in [0.15, 0.2) is 0 Å². The average Bonchev–Trinajstić information content (AvgIpc) is 2.35. The molecule has 7 heteroatoms. The lowest BCUT2D eigenvalue weighted by atomic mass is 10.1. The fourth-order valence-electron chi connectivity index (χ4n) is 1.70. The fourth-order valence-corrected chi connectivity index (χ4v) is 3.41. The summed E-state index contributed by atoms with van der Waals surface area (Å²) < 4.78 is 20.7. The fraction of sp³-hybridized carbons (Fsp3) is 0.533. The maximum absolute atomic E-state index is 12.4. The minimum atomic E-state index is -1.32. The summed E-state index contributed by atoms with van der Waals surface area (Å²) >= 11 is 9.45. The third-order valence-electron chi connectivity index (χ3n) is 2.77. The first kappa shape index (κ1) is 19.6. The Labute approximate surface area is 147 Å². The van der Waals surface area contributed by atoms with Crippen molar-refractivity contribution in [2.45, 2.75) is 44.9 Å². The molecule has 1 N–H and O–H groups in total. The zero-order chi connectivity index (χ0) is 16.9. The van der Waals surface area contributed by atoms with Crippen LogP contribution in [-0.4, -0.2) is 21.5 Å². The number of carbonyl (C=O) groups is 1. The molecule has 0 unspecified atom stereocenters. The second-order valence-electron chi connectivity index (χ2n) is 5.76. The van der Waals surface area contributed by atoms with Gasteiger partial charge in [0.2, 0.25) is 0 Å². The van der Waals surface area contributed by atoms with Crippen LogP contribution in [0, 0.1) is 0 Å². The summed E-state index contributed by atoms with van der Waals surface area (Å²) in [6.07, 6.45) is 0.0858. The van der Waals surface area contributed by atoms with Gasteiger partial charge in [0.25, 0.3) is 0 Å². The van der Waals surface area contributed by atoms with E-state index in [1.807, 2.05) is 26.8 Å².